The summed E-state index contributed by atoms with van der Waals surface area (Å²) in [5.41, 5.74) is 0.483. The van der Waals surface area contributed by atoms with Crippen molar-refractivity contribution in [2.45, 2.75) is 6.92 Å². The van der Waals surface area contributed by atoms with Gasteiger partial charge < -0.3 is 14.2 Å². The molecule has 0 unspecified atom stereocenters. The van der Waals surface area contributed by atoms with Crippen LogP contribution in [0.15, 0.2) is 12.1 Å². The summed E-state index contributed by atoms with van der Waals surface area (Å²) in [4.78, 5) is 10.7. The van der Waals surface area contributed by atoms with Crippen molar-refractivity contribution >= 4 is 6.29 Å². The molecule has 0 aromatic heterocycles. The predicted octanol–water partition coefficient (Wildman–Crippen LogP) is 1.63. The number of fused-ring (bicyclic) bond motifs is 1. The third-order valence-corrected chi connectivity index (χ3v) is 1.93. The quantitative estimate of drug-likeness (QED) is 0.686. The third-order valence-electron chi connectivity index (χ3n) is 1.93. The Balaban J connectivity index is 2.43. The lowest BCUT2D eigenvalue weighted by Gasteiger charge is -2.06. The summed E-state index contributed by atoms with van der Waals surface area (Å²) in [6.45, 7) is 2.57. The van der Waals surface area contributed by atoms with Crippen molar-refractivity contribution in [2.75, 3.05) is 13.4 Å². The molecule has 0 radical (unpaired) electrons. The van der Waals surface area contributed by atoms with Crippen molar-refractivity contribution in [3.8, 4) is 17.2 Å². The topological polar surface area (TPSA) is 44.8 Å². The van der Waals surface area contributed by atoms with E-state index in [-0.39, 0.29) is 6.79 Å². The molecule has 0 atom stereocenters. The average Bonchev–Trinajstić information content (AvgIpc) is 2.64. The van der Waals surface area contributed by atoms with Gasteiger partial charge in [-0.25, -0.2) is 0 Å². The SMILES string of the molecule is CCOc1cc2c(cc1C=O)OCO2. The molecule has 0 saturated heterocycles. The zero-order valence-corrected chi connectivity index (χ0v) is 7.78. The van der Waals surface area contributed by atoms with Gasteiger partial charge in [0, 0.05) is 6.07 Å². The van der Waals surface area contributed by atoms with E-state index in [1.165, 1.54) is 0 Å². The summed E-state index contributed by atoms with van der Waals surface area (Å²) in [5.74, 6) is 1.75. The molecule has 0 amide bonds. The van der Waals surface area contributed by atoms with Gasteiger partial charge in [-0.15, -0.1) is 0 Å². The number of carbonyl (C=O) groups excluding carboxylic acids is 1. The van der Waals surface area contributed by atoms with E-state index in [0.29, 0.717) is 29.4 Å². The van der Waals surface area contributed by atoms with E-state index >= 15 is 0 Å². The van der Waals surface area contributed by atoms with E-state index in [1.807, 2.05) is 6.92 Å². The van der Waals surface area contributed by atoms with Crippen molar-refractivity contribution in [1.29, 1.82) is 0 Å². The monoisotopic (exact) mass is 194 g/mol. The summed E-state index contributed by atoms with van der Waals surface area (Å²) in [6, 6.07) is 3.30. The first-order chi connectivity index (χ1) is 6.85. The highest BCUT2D eigenvalue weighted by molar-refractivity contribution is 5.81. The summed E-state index contributed by atoms with van der Waals surface area (Å²) in [5, 5.41) is 0. The van der Waals surface area contributed by atoms with Crippen LogP contribution in [0.3, 0.4) is 0 Å². The van der Waals surface area contributed by atoms with Crippen LogP contribution >= 0.6 is 0 Å². The molecule has 1 aliphatic heterocycles. The minimum absolute atomic E-state index is 0.198. The molecular weight excluding hydrogens is 184 g/mol. The average molecular weight is 194 g/mol. The van der Waals surface area contributed by atoms with Gasteiger partial charge in [0.1, 0.15) is 5.75 Å². The largest absolute Gasteiger partial charge is 0.493 e. The second kappa shape index (κ2) is 3.57. The van der Waals surface area contributed by atoms with Crippen LogP contribution in [0.1, 0.15) is 17.3 Å². The number of hydrogen-bond donors (Lipinski definition) is 0. The number of ether oxygens (including phenoxy) is 3. The minimum Gasteiger partial charge on any atom is -0.493 e. The van der Waals surface area contributed by atoms with E-state index in [0.717, 1.165) is 6.29 Å². The molecular formula is C10H10O4. The van der Waals surface area contributed by atoms with E-state index in [9.17, 15) is 4.79 Å². The highest BCUT2D eigenvalue weighted by Gasteiger charge is 2.17. The number of carbonyl (C=O) groups is 1. The molecule has 14 heavy (non-hydrogen) atoms. The van der Waals surface area contributed by atoms with Crippen molar-refractivity contribution in [1.82, 2.24) is 0 Å². The first-order valence-corrected chi connectivity index (χ1v) is 4.36. The van der Waals surface area contributed by atoms with Gasteiger partial charge in [0.05, 0.1) is 12.2 Å². The van der Waals surface area contributed by atoms with Crippen LogP contribution in [-0.4, -0.2) is 19.7 Å². The molecule has 0 N–H and O–H groups in total. The van der Waals surface area contributed by atoms with Crippen molar-refractivity contribution in [2.24, 2.45) is 0 Å². The third kappa shape index (κ3) is 1.39. The molecule has 4 nitrogen and oxygen atoms in total. The Morgan fingerprint density at radius 2 is 2.14 bits per heavy atom. The van der Waals surface area contributed by atoms with Crippen LogP contribution in [0.4, 0.5) is 0 Å². The summed E-state index contributed by atoms with van der Waals surface area (Å²) >= 11 is 0. The molecule has 4 heteroatoms. The minimum atomic E-state index is 0.198. The summed E-state index contributed by atoms with van der Waals surface area (Å²) < 4.78 is 15.6. The van der Waals surface area contributed by atoms with Gasteiger partial charge in [-0.1, -0.05) is 0 Å². The molecule has 0 spiro atoms. The van der Waals surface area contributed by atoms with Crippen molar-refractivity contribution < 1.29 is 19.0 Å². The molecule has 1 heterocycles. The summed E-state index contributed by atoms with van der Waals surface area (Å²) in [6.07, 6.45) is 0.743. The second-order valence-electron chi connectivity index (χ2n) is 2.79. The molecule has 74 valence electrons. The maximum absolute atomic E-state index is 10.7. The second-order valence-corrected chi connectivity index (χ2v) is 2.79. The Morgan fingerprint density at radius 1 is 1.43 bits per heavy atom. The lowest BCUT2D eigenvalue weighted by atomic mass is 10.2. The smallest absolute Gasteiger partial charge is 0.231 e. The molecule has 0 aliphatic carbocycles. The van der Waals surface area contributed by atoms with Gasteiger partial charge in [0.15, 0.2) is 17.8 Å². The van der Waals surface area contributed by atoms with Gasteiger partial charge >= 0.3 is 0 Å². The Hall–Kier alpha value is -1.71. The predicted molar refractivity (Wildman–Crippen MR) is 49.1 cm³/mol. The van der Waals surface area contributed by atoms with Crippen LogP contribution < -0.4 is 14.2 Å². The zero-order valence-electron chi connectivity index (χ0n) is 7.78. The first-order valence-electron chi connectivity index (χ1n) is 4.36. The fourth-order valence-corrected chi connectivity index (χ4v) is 1.31. The molecule has 2 rings (SSSR count). The van der Waals surface area contributed by atoms with Crippen LogP contribution in [0.5, 0.6) is 17.2 Å². The Kier molecular flexibility index (Phi) is 2.26. The van der Waals surface area contributed by atoms with E-state index in [2.05, 4.69) is 0 Å². The molecule has 1 aliphatic rings. The van der Waals surface area contributed by atoms with Gasteiger partial charge in [-0.2, -0.15) is 0 Å². The maximum atomic E-state index is 10.7. The summed E-state index contributed by atoms with van der Waals surface area (Å²) in [7, 11) is 0. The maximum Gasteiger partial charge on any atom is 0.231 e. The Labute approximate surface area is 81.4 Å². The van der Waals surface area contributed by atoms with Crippen LogP contribution in [0, 0.1) is 0 Å². The lowest BCUT2D eigenvalue weighted by Crippen LogP contribution is -1.95. The fraction of sp³-hybridized carbons (Fsp3) is 0.300. The molecule has 0 saturated carbocycles. The Bertz CT molecular complexity index is 359. The Morgan fingerprint density at radius 3 is 2.79 bits per heavy atom. The van der Waals surface area contributed by atoms with Gasteiger partial charge in [0.25, 0.3) is 0 Å². The van der Waals surface area contributed by atoms with Gasteiger partial charge in [0.2, 0.25) is 6.79 Å². The van der Waals surface area contributed by atoms with E-state index < -0.39 is 0 Å². The lowest BCUT2D eigenvalue weighted by molar-refractivity contribution is 0.111. The number of aldehydes is 1. The van der Waals surface area contributed by atoms with Crippen LogP contribution in [-0.2, 0) is 0 Å². The van der Waals surface area contributed by atoms with Crippen molar-refractivity contribution in [3.05, 3.63) is 17.7 Å². The first kappa shape index (κ1) is 8.87. The van der Waals surface area contributed by atoms with E-state index in [4.69, 9.17) is 14.2 Å². The number of rotatable bonds is 3. The fourth-order valence-electron chi connectivity index (χ4n) is 1.31. The van der Waals surface area contributed by atoms with Crippen LogP contribution in [0.2, 0.25) is 0 Å². The van der Waals surface area contributed by atoms with Gasteiger partial charge in [-0.3, -0.25) is 4.79 Å². The van der Waals surface area contributed by atoms with E-state index in [1.54, 1.807) is 12.1 Å². The van der Waals surface area contributed by atoms with Gasteiger partial charge in [-0.05, 0) is 13.0 Å². The standard InChI is InChI=1S/C10H10O4/c1-2-12-8-4-10-9(13-6-14-10)3-7(8)5-11/h3-5H,2,6H2,1H3. The molecule has 1 aromatic carbocycles. The molecule has 0 bridgehead atoms. The van der Waals surface area contributed by atoms with Crippen LogP contribution in [0.25, 0.3) is 0 Å². The molecule has 0 fully saturated rings. The zero-order chi connectivity index (χ0) is 9.97. The molecule has 1 aromatic rings. The van der Waals surface area contributed by atoms with Crippen molar-refractivity contribution in [3.63, 3.8) is 0 Å². The number of hydrogen-bond acceptors (Lipinski definition) is 4. The number of benzene rings is 1. The highest BCUT2D eigenvalue weighted by Crippen LogP contribution is 2.37. The highest BCUT2D eigenvalue weighted by atomic mass is 16.7. The normalized spacial score (nSPS) is 12.6.